The van der Waals surface area contributed by atoms with Gasteiger partial charge in [-0.2, -0.15) is 5.26 Å². The van der Waals surface area contributed by atoms with Crippen molar-refractivity contribution in [2.45, 2.75) is 19.4 Å². The summed E-state index contributed by atoms with van der Waals surface area (Å²) < 4.78 is 28.7. The van der Waals surface area contributed by atoms with Crippen LogP contribution in [0.15, 0.2) is 96.4 Å². The molecule has 2 N–H and O–H groups in total. The van der Waals surface area contributed by atoms with E-state index in [9.17, 15) is 10.1 Å². The third-order valence-corrected chi connectivity index (χ3v) is 6.89. The number of rotatable bonds is 9. The first-order chi connectivity index (χ1) is 20.4. The summed E-state index contributed by atoms with van der Waals surface area (Å²) in [6.07, 6.45) is 0. The molecule has 1 atom stereocenters. The van der Waals surface area contributed by atoms with Gasteiger partial charge in [0.15, 0.2) is 11.5 Å². The molecule has 0 saturated heterocycles. The van der Waals surface area contributed by atoms with E-state index < -0.39 is 11.9 Å². The van der Waals surface area contributed by atoms with Crippen LogP contribution >= 0.6 is 11.6 Å². The third kappa shape index (κ3) is 5.97. The molecule has 4 aromatic rings. The molecule has 0 fully saturated rings. The highest BCUT2D eigenvalue weighted by Gasteiger charge is 2.32. The van der Waals surface area contributed by atoms with Crippen LogP contribution in [0.3, 0.4) is 0 Å². The Morgan fingerprint density at radius 2 is 1.76 bits per heavy atom. The van der Waals surface area contributed by atoms with Crippen molar-refractivity contribution in [3.63, 3.8) is 0 Å². The fourth-order valence-corrected chi connectivity index (χ4v) is 4.78. The number of nitrogens with zero attached hydrogens (tertiary/aromatic N) is 1. The number of carbonyl (C=O) groups excluding carboxylic acids is 1. The molecular weight excluding hydrogens is 556 g/mol. The predicted octanol–water partition coefficient (Wildman–Crippen LogP) is 6.76. The number of halogens is 1. The van der Waals surface area contributed by atoms with Gasteiger partial charge in [0.2, 0.25) is 5.88 Å². The second kappa shape index (κ2) is 12.6. The van der Waals surface area contributed by atoms with E-state index in [1.807, 2.05) is 31.2 Å². The first kappa shape index (κ1) is 28.4. The maximum atomic E-state index is 12.8. The average molecular weight is 583 g/mol. The van der Waals surface area contributed by atoms with Crippen molar-refractivity contribution in [2.24, 2.45) is 5.73 Å². The highest BCUT2D eigenvalue weighted by Crippen LogP contribution is 2.45. The van der Waals surface area contributed by atoms with E-state index in [-0.39, 0.29) is 22.8 Å². The molecule has 42 heavy (non-hydrogen) atoms. The Morgan fingerprint density at radius 3 is 2.50 bits per heavy atom. The van der Waals surface area contributed by atoms with E-state index in [1.165, 1.54) is 7.11 Å². The van der Waals surface area contributed by atoms with Crippen LogP contribution in [0, 0.1) is 11.3 Å². The second-order valence-corrected chi connectivity index (χ2v) is 9.71. The largest absolute Gasteiger partial charge is 0.496 e. The third-order valence-electron chi connectivity index (χ3n) is 6.64. The normalized spacial score (nSPS) is 13.8. The lowest BCUT2D eigenvalue weighted by molar-refractivity contribution is 0.0731. The minimum Gasteiger partial charge on any atom is -0.496 e. The van der Waals surface area contributed by atoms with Crippen LogP contribution in [0.1, 0.15) is 39.9 Å². The van der Waals surface area contributed by atoms with Crippen molar-refractivity contribution in [1.82, 2.24) is 0 Å². The number of methoxy groups -OCH3 is 1. The fourth-order valence-electron chi connectivity index (χ4n) is 4.65. The summed E-state index contributed by atoms with van der Waals surface area (Å²) in [5.41, 5.74) is 9.12. The number of allylic oxidation sites excluding steroid dienone is 1. The second-order valence-electron chi connectivity index (χ2n) is 9.27. The molecule has 8 nitrogen and oxygen atoms in total. The molecule has 0 amide bonds. The molecule has 1 aliphatic heterocycles. The van der Waals surface area contributed by atoms with Crippen LogP contribution in [0.5, 0.6) is 28.7 Å². The zero-order valence-corrected chi connectivity index (χ0v) is 23.7. The van der Waals surface area contributed by atoms with E-state index >= 15 is 0 Å². The van der Waals surface area contributed by atoms with Crippen LogP contribution in [-0.4, -0.2) is 19.7 Å². The van der Waals surface area contributed by atoms with Gasteiger partial charge >= 0.3 is 5.97 Å². The molecule has 4 aromatic carbocycles. The van der Waals surface area contributed by atoms with Gasteiger partial charge < -0.3 is 29.4 Å². The van der Waals surface area contributed by atoms with E-state index in [1.54, 1.807) is 60.7 Å². The van der Waals surface area contributed by atoms with Crippen molar-refractivity contribution in [3.05, 3.63) is 124 Å². The number of para-hydroxylation sites is 1. The number of ether oxygens (including phenoxy) is 5. The Balaban J connectivity index is 1.45. The first-order valence-corrected chi connectivity index (χ1v) is 13.5. The Hall–Kier alpha value is -5.13. The monoisotopic (exact) mass is 582 g/mol. The Morgan fingerprint density at radius 1 is 0.976 bits per heavy atom. The molecule has 0 bridgehead atoms. The fraction of sp³-hybridized carbons (Fsp3) is 0.152. The molecule has 1 aliphatic rings. The average Bonchev–Trinajstić information content (AvgIpc) is 3.00. The van der Waals surface area contributed by atoms with Gasteiger partial charge in [0.25, 0.3) is 0 Å². The van der Waals surface area contributed by atoms with Crippen molar-refractivity contribution in [2.75, 3.05) is 13.7 Å². The van der Waals surface area contributed by atoms with Crippen molar-refractivity contribution in [1.29, 1.82) is 5.26 Å². The molecule has 0 aliphatic carbocycles. The van der Waals surface area contributed by atoms with E-state index in [0.717, 1.165) is 11.1 Å². The van der Waals surface area contributed by atoms with Crippen LogP contribution in [0.4, 0.5) is 0 Å². The Kier molecular flexibility index (Phi) is 8.51. The number of carbonyl (C=O) groups is 1. The van der Waals surface area contributed by atoms with E-state index in [0.29, 0.717) is 46.8 Å². The van der Waals surface area contributed by atoms with Crippen molar-refractivity contribution >= 4 is 17.6 Å². The van der Waals surface area contributed by atoms with Crippen molar-refractivity contribution < 1.29 is 28.5 Å². The number of esters is 1. The van der Waals surface area contributed by atoms with Gasteiger partial charge in [-0.25, -0.2) is 4.79 Å². The van der Waals surface area contributed by atoms with Gasteiger partial charge in [-0.3, -0.25) is 0 Å². The molecule has 0 saturated carbocycles. The van der Waals surface area contributed by atoms with Gasteiger partial charge in [-0.05, 0) is 60.5 Å². The number of benzene rings is 4. The molecule has 1 unspecified atom stereocenters. The number of fused-ring (bicyclic) bond motifs is 1. The topological polar surface area (TPSA) is 113 Å². The van der Waals surface area contributed by atoms with Gasteiger partial charge in [-0.15, -0.1) is 0 Å². The highest BCUT2D eigenvalue weighted by atomic mass is 35.5. The van der Waals surface area contributed by atoms with E-state index in [4.69, 9.17) is 41.0 Å². The smallest absolute Gasteiger partial charge is 0.347 e. The minimum absolute atomic E-state index is 0.0378. The lowest BCUT2D eigenvalue weighted by Crippen LogP contribution is -2.21. The maximum absolute atomic E-state index is 12.8. The summed E-state index contributed by atoms with van der Waals surface area (Å²) in [7, 11) is 1.48. The van der Waals surface area contributed by atoms with Gasteiger partial charge in [0.1, 0.15) is 41.1 Å². The molecule has 5 rings (SSSR count). The number of nitriles is 1. The standard InChI is InChI=1S/C33H27ClN2O6/c1-3-39-30-16-21(10-15-28(30)40-19-20-8-11-22(34)12-9-20)31-24-14-13-23(17-29(24)42-32(36)26(31)18-35)41-33(37)25-6-4-5-7-27(25)38-2/h4-17,31H,3,19,36H2,1-2H3. The van der Waals surface area contributed by atoms with Crippen LogP contribution in [0.25, 0.3) is 0 Å². The predicted molar refractivity (Wildman–Crippen MR) is 157 cm³/mol. The van der Waals surface area contributed by atoms with E-state index in [2.05, 4.69) is 6.07 Å². The minimum atomic E-state index is -0.587. The maximum Gasteiger partial charge on any atom is 0.347 e. The number of hydrogen-bond donors (Lipinski definition) is 1. The summed E-state index contributed by atoms with van der Waals surface area (Å²) in [4.78, 5) is 12.8. The van der Waals surface area contributed by atoms with Gasteiger partial charge in [0, 0.05) is 16.7 Å². The summed E-state index contributed by atoms with van der Waals surface area (Å²) in [6, 6.07) is 26.8. The molecular formula is C33H27ClN2O6. The molecule has 9 heteroatoms. The molecule has 1 heterocycles. The lowest BCUT2D eigenvalue weighted by atomic mass is 9.83. The number of hydrogen-bond acceptors (Lipinski definition) is 8. The highest BCUT2D eigenvalue weighted by molar-refractivity contribution is 6.30. The van der Waals surface area contributed by atoms with Crippen LogP contribution in [0.2, 0.25) is 5.02 Å². The lowest BCUT2D eigenvalue weighted by Gasteiger charge is -2.27. The molecule has 0 radical (unpaired) electrons. The molecule has 0 aromatic heterocycles. The number of nitrogens with two attached hydrogens (primary N) is 1. The summed E-state index contributed by atoms with van der Waals surface area (Å²) in [5.74, 6) is 0.906. The zero-order chi connectivity index (χ0) is 29.6. The Bertz CT molecular complexity index is 1690. The first-order valence-electron chi connectivity index (χ1n) is 13.1. The quantitative estimate of drug-likeness (QED) is 0.170. The summed E-state index contributed by atoms with van der Waals surface area (Å²) >= 11 is 5.99. The SMILES string of the molecule is CCOc1cc(C2C(C#N)=C(N)Oc3cc(OC(=O)c4ccccc4OC)ccc32)ccc1OCc1ccc(Cl)cc1. The van der Waals surface area contributed by atoms with Gasteiger partial charge in [0.05, 0.1) is 19.6 Å². The summed E-state index contributed by atoms with van der Waals surface area (Å²) in [5, 5.41) is 10.7. The van der Waals surface area contributed by atoms with Gasteiger partial charge in [-0.1, -0.05) is 48.0 Å². The summed E-state index contributed by atoms with van der Waals surface area (Å²) in [6.45, 7) is 2.62. The van der Waals surface area contributed by atoms with Crippen LogP contribution in [-0.2, 0) is 6.61 Å². The molecule has 0 spiro atoms. The van der Waals surface area contributed by atoms with Crippen molar-refractivity contribution in [3.8, 4) is 34.8 Å². The Labute approximate surface area is 248 Å². The van der Waals surface area contributed by atoms with Crippen LogP contribution < -0.4 is 29.4 Å². The zero-order valence-electron chi connectivity index (χ0n) is 22.9. The molecule has 212 valence electrons.